The second kappa shape index (κ2) is 2.51. The lowest BCUT2D eigenvalue weighted by molar-refractivity contribution is 1.62. The molecule has 0 bridgehead atoms. The van der Waals surface area contributed by atoms with E-state index in [2.05, 4.69) is 28.1 Å². The predicted octanol–water partition coefficient (Wildman–Crippen LogP) is 2.70. The number of benzene rings is 1. The highest BCUT2D eigenvalue weighted by molar-refractivity contribution is 9.10. The minimum absolute atomic E-state index is 0.521. The summed E-state index contributed by atoms with van der Waals surface area (Å²) < 4.78 is 0.946. The molecule has 8 heavy (non-hydrogen) atoms. The van der Waals surface area contributed by atoms with Gasteiger partial charge in [-0.05, 0) is 12.1 Å². The maximum absolute atomic E-state index is 5.48. The maximum atomic E-state index is 5.48. The second-order valence-electron chi connectivity index (χ2n) is 1.28. The average molecular weight is 189 g/mol. The average Bonchev–Trinajstić information content (AvgIpc) is 1.77. The summed E-state index contributed by atoms with van der Waals surface area (Å²) in [6.07, 6.45) is 0. The molecule has 0 amide bonds. The number of hydrogen-bond acceptors (Lipinski definition) is 0. The SMILES string of the molecule is Clc1[c]cc(Br)c[c]1. The summed E-state index contributed by atoms with van der Waals surface area (Å²) >= 11 is 8.70. The topological polar surface area (TPSA) is 0 Å². The lowest BCUT2D eigenvalue weighted by atomic mass is 10.4. The van der Waals surface area contributed by atoms with E-state index in [0.29, 0.717) is 5.02 Å². The van der Waals surface area contributed by atoms with Crippen molar-refractivity contribution in [2.75, 3.05) is 0 Å². The van der Waals surface area contributed by atoms with Gasteiger partial charge in [-0.2, -0.15) is 0 Å². The molecule has 0 saturated heterocycles. The van der Waals surface area contributed by atoms with Gasteiger partial charge in [-0.15, -0.1) is 0 Å². The molecule has 0 spiro atoms. The van der Waals surface area contributed by atoms with Gasteiger partial charge in [0.15, 0.2) is 0 Å². The Hall–Kier alpha value is -0.0100. The zero-order valence-electron chi connectivity index (χ0n) is 3.91. The van der Waals surface area contributed by atoms with E-state index in [1.807, 2.05) is 0 Å². The van der Waals surface area contributed by atoms with Gasteiger partial charge in [0.1, 0.15) is 0 Å². The van der Waals surface area contributed by atoms with Crippen molar-refractivity contribution in [1.82, 2.24) is 0 Å². The summed E-state index contributed by atoms with van der Waals surface area (Å²) in [7, 11) is 0. The van der Waals surface area contributed by atoms with Gasteiger partial charge in [-0.3, -0.25) is 0 Å². The smallest absolute Gasteiger partial charge is 0.0564 e. The molecule has 0 nitrogen and oxygen atoms in total. The van der Waals surface area contributed by atoms with Gasteiger partial charge >= 0.3 is 0 Å². The van der Waals surface area contributed by atoms with Gasteiger partial charge in [0.2, 0.25) is 0 Å². The lowest BCUT2D eigenvalue weighted by Crippen LogP contribution is -1.63. The van der Waals surface area contributed by atoms with Crippen molar-refractivity contribution in [2.24, 2.45) is 0 Å². The second-order valence-corrected chi connectivity index (χ2v) is 2.57. The summed E-state index contributed by atoms with van der Waals surface area (Å²) in [5, 5.41) is 0.521. The van der Waals surface area contributed by atoms with Crippen LogP contribution in [0.2, 0.25) is 5.02 Å². The molecule has 0 atom stereocenters. The maximum Gasteiger partial charge on any atom is 0.0564 e. The molecule has 1 rings (SSSR count). The molecule has 0 N–H and O–H groups in total. The van der Waals surface area contributed by atoms with Crippen LogP contribution in [-0.4, -0.2) is 0 Å². The molecule has 0 aromatic heterocycles. The fraction of sp³-hybridized carbons (Fsp3) is 0. The molecule has 0 aliphatic heterocycles. The molecule has 0 aliphatic carbocycles. The molecule has 0 aliphatic rings. The molecular formula is C6H2BrCl. The van der Waals surface area contributed by atoms with E-state index in [-0.39, 0.29) is 0 Å². The van der Waals surface area contributed by atoms with Gasteiger partial charge in [0, 0.05) is 16.6 Å². The van der Waals surface area contributed by atoms with Crippen LogP contribution in [0.1, 0.15) is 0 Å². The largest absolute Gasteiger partial charge is 0.0830 e. The predicted molar refractivity (Wildman–Crippen MR) is 36.8 cm³/mol. The van der Waals surface area contributed by atoms with Crippen molar-refractivity contribution in [3.05, 3.63) is 33.8 Å². The van der Waals surface area contributed by atoms with Crippen molar-refractivity contribution < 1.29 is 0 Å². The van der Waals surface area contributed by atoms with Crippen LogP contribution in [-0.2, 0) is 0 Å². The van der Waals surface area contributed by atoms with Crippen molar-refractivity contribution >= 4 is 27.5 Å². The summed E-state index contributed by atoms with van der Waals surface area (Å²) in [6.45, 7) is 0. The Morgan fingerprint density at radius 2 is 1.88 bits per heavy atom. The van der Waals surface area contributed by atoms with Crippen LogP contribution in [0.25, 0.3) is 0 Å². The monoisotopic (exact) mass is 188 g/mol. The van der Waals surface area contributed by atoms with Crippen molar-refractivity contribution in [3.8, 4) is 0 Å². The molecule has 0 saturated carbocycles. The highest BCUT2D eigenvalue weighted by atomic mass is 79.9. The van der Waals surface area contributed by atoms with Crippen LogP contribution < -0.4 is 0 Å². The Morgan fingerprint density at radius 3 is 2.25 bits per heavy atom. The van der Waals surface area contributed by atoms with Gasteiger partial charge in [0.05, 0.1) is 5.02 Å². The molecule has 2 radical (unpaired) electrons. The highest BCUT2D eigenvalue weighted by Gasteiger charge is 1.85. The molecular weight excluding hydrogens is 187 g/mol. The van der Waals surface area contributed by atoms with Gasteiger partial charge in [0.25, 0.3) is 0 Å². The fourth-order valence-corrected chi connectivity index (χ4v) is 0.686. The standard InChI is InChI=1S/C6H2BrCl/c7-5-1-3-6(8)4-2-5/h1-2H. The normalized spacial score (nSPS) is 9.25. The summed E-state index contributed by atoms with van der Waals surface area (Å²) in [5.74, 6) is 0. The van der Waals surface area contributed by atoms with E-state index in [1.165, 1.54) is 0 Å². The van der Waals surface area contributed by atoms with Gasteiger partial charge < -0.3 is 0 Å². The highest BCUT2D eigenvalue weighted by Crippen LogP contribution is 2.11. The van der Waals surface area contributed by atoms with Crippen LogP contribution in [0.3, 0.4) is 0 Å². The Morgan fingerprint density at radius 1 is 1.38 bits per heavy atom. The van der Waals surface area contributed by atoms with E-state index in [4.69, 9.17) is 11.6 Å². The van der Waals surface area contributed by atoms with Crippen molar-refractivity contribution in [2.45, 2.75) is 0 Å². The Balaban J connectivity index is 3.03. The third-order valence-corrected chi connectivity index (χ3v) is 1.35. The molecule has 2 heteroatoms. The minimum Gasteiger partial charge on any atom is -0.0830 e. The molecule has 0 unspecified atom stereocenters. The van der Waals surface area contributed by atoms with Crippen LogP contribution in [0.4, 0.5) is 0 Å². The summed E-state index contributed by atoms with van der Waals surface area (Å²) in [4.78, 5) is 0. The van der Waals surface area contributed by atoms with Crippen LogP contribution in [0.15, 0.2) is 16.6 Å². The summed E-state index contributed by atoms with van der Waals surface area (Å²) in [5.41, 5.74) is 0. The Bertz CT molecular complexity index is 147. The zero-order valence-corrected chi connectivity index (χ0v) is 6.25. The van der Waals surface area contributed by atoms with Crippen molar-refractivity contribution in [3.63, 3.8) is 0 Å². The van der Waals surface area contributed by atoms with E-state index < -0.39 is 0 Å². The van der Waals surface area contributed by atoms with Crippen LogP contribution in [0, 0.1) is 12.1 Å². The van der Waals surface area contributed by atoms with E-state index >= 15 is 0 Å². The number of rotatable bonds is 0. The quantitative estimate of drug-likeness (QED) is 0.589. The van der Waals surface area contributed by atoms with Gasteiger partial charge in [-0.1, -0.05) is 27.5 Å². The summed E-state index contributed by atoms with van der Waals surface area (Å²) in [6, 6.07) is 9.02. The minimum atomic E-state index is 0.521. The molecule has 40 valence electrons. The number of halogens is 2. The Labute approximate surface area is 61.6 Å². The van der Waals surface area contributed by atoms with Crippen molar-refractivity contribution in [1.29, 1.82) is 0 Å². The Kier molecular flexibility index (Phi) is 1.92. The zero-order chi connectivity index (χ0) is 5.98. The first kappa shape index (κ1) is 6.12. The van der Waals surface area contributed by atoms with Crippen LogP contribution in [0.5, 0.6) is 0 Å². The third-order valence-electron chi connectivity index (χ3n) is 0.674. The molecule has 1 aromatic carbocycles. The molecule has 0 fully saturated rings. The van der Waals surface area contributed by atoms with E-state index in [9.17, 15) is 0 Å². The fourth-order valence-electron chi connectivity index (χ4n) is 0.348. The number of hydrogen-bond donors (Lipinski definition) is 0. The van der Waals surface area contributed by atoms with E-state index in [1.54, 1.807) is 12.1 Å². The van der Waals surface area contributed by atoms with E-state index in [0.717, 1.165) is 4.47 Å². The first-order chi connectivity index (χ1) is 3.79. The lowest BCUT2D eigenvalue weighted by Gasteiger charge is -1.84. The molecule has 0 heterocycles. The third kappa shape index (κ3) is 1.49. The molecule has 1 aromatic rings. The van der Waals surface area contributed by atoms with Crippen LogP contribution >= 0.6 is 27.5 Å². The first-order valence-corrected chi connectivity index (χ1v) is 3.20. The first-order valence-electron chi connectivity index (χ1n) is 2.03. The van der Waals surface area contributed by atoms with Gasteiger partial charge in [-0.25, -0.2) is 0 Å².